The zero-order valence-electron chi connectivity index (χ0n) is 17.2. The summed E-state index contributed by atoms with van der Waals surface area (Å²) in [6.45, 7) is -0.0422. The van der Waals surface area contributed by atoms with Crippen molar-refractivity contribution in [2.75, 3.05) is 7.11 Å². The third-order valence-corrected chi connectivity index (χ3v) is 6.32. The fourth-order valence-electron chi connectivity index (χ4n) is 3.01. The largest absolute Gasteiger partial charge is 0.496 e. The lowest BCUT2D eigenvalue weighted by Gasteiger charge is -2.11. The number of H-pyrrole nitrogens is 1. The Kier molecular flexibility index (Phi) is 6.75. The van der Waals surface area contributed by atoms with Crippen molar-refractivity contribution in [3.8, 4) is 33.5 Å². The molecular formula is C21H14BrF4N3O4S. The topological polar surface area (TPSA) is 90.2 Å². The Bertz CT molecular complexity index is 1370. The number of rotatable bonds is 7. The van der Waals surface area contributed by atoms with Gasteiger partial charge in [0, 0.05) is 17.0 Å². The molecule has 1 N–H and O–H groups in total. The van der Waals surface area contributed by atoms with Gasteiger partial charge in [-0.25, -0.2) is 14.2 Å². The van der Waals surface area contributed by atoms with Crippen LogP contribution in [0.25, 0.3) is 22.0 Å². The van der Waals surface area contributed by atoms with Crippen molar-refractivity contribution in [2.45, 2.75) is 18.1 Å². The number of aromatic amines is 1. The summed E-state index contributed by atoms with van der Waals surface area (Å²) in [7, 11) is 1.36. The number of thiazole rings is 1. The van der Waals surface area contributed by atoms with Crippen LogP contribution in [0.1, 0.15) is 16.1 Å². The molecule has 2 aromatic carbocycles. The molecule has 0 fully saturated rings. The van der Waals surface area contributed by atoms with Gasteiger partial charge in [-0.15, -0.1) is 11.3 Å². The van der Waals surface area contributed by atoms with Gasteiger partial charge in [-0.2, -0.15) is 13.2 Å². The molecule has 7 nitrogen and oxygen atoms in total. The van der Waals surface area contributed by atoms with E-state index in [4.69, 9.17) is 9.47 Å². The third kappa shape index (κ3) is 4.99. The molecule has 0 bridgehead atoms. The fourth-order valence-corrected chi connectivity index (χ4v) is 4.66. The number of nitrogens with one attached hydrogen (secondary N) is 1. The van der Waals surface area contributed by atoms with Crippen LogP contribution >= 0.6 is 27.3 Å². The summed E-state index contributed by atoms with van der Waals surface area (Å²) in [4.78, 5) is 18.6. The molecule has 13 heteroatoms. The Morgan fingerprint density at radius 1 is 1.18 bits per heavy atom. The number of benzene rings is 2. The highest BCUT2D eigenvalue weighted by Crippen LogP contribution is 2.36. The molecule has 0 saturated heterocycles. The second-order valence-electron chi connectivity index (χ2n) is 6.81. The van der Waals surface area contributed by atoms with E-state index in [2.05, 4.69) is 35.6 Å². The summed E-state index contributed by atoms with van der Waals surface area (Å²) in [5.74, 6) is -1.45. The lowest BCUT2D eigenvalue weighted by Crippen LogP contribution is -2.03. The molecule has 0 radical (unpaired) electrons. The lowest BCUT2D eigenvalue weighted by molar-refractivity contribution is -0.137. The molecule has 0 saturated carbocycles. The van der Waals surface area contributed by atoms with Crippen LogP contribution in [0.5, 0.6) is 11.5 Å². The van der Waals surface area contributed by atoms with Crippen molar-refractivity contribution in [1.82, 2.24) is 15.1 Å². The van der Waals surface area contributed by atoms with Crippen LogP contribution in [0, 0.1) is 5.82 Å². The second-order valence-corrected chi connectivity index (χ2v) is 8.46. The molecule has 2 heterocycles. The van der Waals surface area contributed by atoms with Crippen LogP contribution in [-0.4, -0.2) is 22.2 Å². The molecule has 2 aromatic heterocycles. The highest BCUT2D eigenvalue weighted by molar-refractivity contribution is 9.08. The minimum atomic E-state index is -4.43. The molecule has 0 aliphatic rings. The van der Waals surface area contributed by atoms with Crippen molar-refractivity contribution in [3.05, 3.63) is 68.9 Å². The summed E-state index contributed by atoms with van der Waals surface area (Å²) < 4.78 is 68.5. The maximum atomic E-state index is 14.7. The first-order chi connectivity index (χ1) is 16.2. The second kappa shape index (κ2) is 9.58. The van der Waals surface area contributed by atoms with Crippen LogP contribution in [0.4, 0.5) is 17.6 Å². The third-order valence-electron chi connectivity index (χ3n) is 4.67. The van der Waals surface area contributed by atoms with Crippen LogP contribution < -0.4 is 15.2 Å². The number of hydrogen-bond donors (Lipinski definition) is 1. The number of ether oxygens (including phenoxy) is 2. The summed E-state index contributed by atoms with van der Waals surface area (Å²) >= 11 is 4.56. The monoisotopic (exact) mass is 559 g/mol. The van der Waals surface area contributed by atoms with Gasteiger partial charge in [-0.3, -0.25) is 9.51 Å². The Morgan fingerprint density at radius 3 is 2.50 bits per heavy atom. The first-order valence-corrected chi connectivity index (χ1v) is 11.4. The van der Waals surface area contributed by atoms with E-state index in [1.54, 1.807) is 0 Å². The highest BCUT2D eigenvalue weighted by atomic mass is 79.9. The van der Waals surface area contributed by atoms with Crippen LogP contribution in [0.3, 0.4) is 0 Å². The van der Waals surface area contributed by atoms with Gasteiger partial charge in [0.15, 0.2) is 17.4 Å². The van der Waals surface area contributed by atoms with Crippen LogP contribution in [0.2, 0.25) is 0 Å². The Labute approximate surface area is 201 Å². The maximum Gasteiger partial charge on any atom is 0.439 e. The maximum absolute atomic E-state index is 14.7. The normalized spacial score (nSPS) is 11.6. The quantitative estimate of drug-likeness (QED) is 0.227. The van der Waals surface area contributed by atoms with Gasteiger partial charge >= 0.3 is 11.9 Å². The van der Waals surface area contributed by atoms with Gasteiger partial charge in [0.1, 0.15) is 17.4 Å². The number of methoxy groups -OCH3 is 1. The van der Waals surface area contributed by atoms with Crippen molar-refractivity contribution < 1.29 is 31.6 Å². The van der Waals surface area contributed by atoms with E-state index in [1.807, 2.05) is 0 Å². The predicted octanol–water partition coefficient (Wildman–Crippen LogP) is 5.79. The first-order valence-electron chi connectivity index (χ1n) is 9.48. The molecule has 0 atom stereocenters. The first kappa shape index (κ1) is 24.0. The summed E-state index contributed by atoms with van der Waals surface area (Å²) in [6.07, 6.45) is -4.43. The van der Waals surface area contributed by atoms with E-state index in [0.717, 1.165) is 18.2 Å². The smallest absolute Gasteiger partial charge is 0.439 e. The van der Waals surface area contributed by atoms with E-state index in [0.29, 0.717) is 26.5 Å². The van der Waals surface area contributed by atoms with Crippen molar-refractivity contribution >= 4 is 27.3 Å². The van der Waals surface area contributed by atoms with E-state index in [9.17, 15) is 22.4 Å². The van der Waals surface area contributed by atoms with Gasteiger partial charge in [-0.1, -0.05) is 33.2 Å². The minimum Gasteiger partial charge on any atom is -0.496 e. The number of alkyl halides is 4. The summed E-state index contributed by atoms with van der Waals surface area (Å²) in [5.41, 5.74) is 0.552. The summed E-state index contributed by atoms with van der Waals surface area (Å²) in [5, 5.41) is 4.40. The molecule has 0 aliphatic heterocycles. The minimum absolute atomic E-state index is 0.00230. The zero-order chi connectivity index (χ0) is 24.5. The molecule has 0 aliphatic carbocycles. The van der Waals surface area contributed by atoms with Crippen LogP contribution in [0.15, 0.2) is 45.7 Å². The van der Waals surface area contributed by atoms with E-state index < -0.39 is 23.3 Å². The highest BCUT2D eigenvalue weighted by Gasteiger charge is 2.30. The van der Waals surface area contributed by atoms with E-state index in [-0.39, 0.29) is 29.5 Å². The number of halogens is 5. The zero-order valence-corrected chi connectivity index (χ0v) is 19.6. The SMILES string of the molecule is COc1cc(OCc2sc(-c3ccc(C(F)(F)F)cc3)nc2CBr)c(F)cc1-c1noc(=O)[nH]1. The lowest BCUT2D eigenvalue weighted by atomic mass is 10.1. The molecule has 178 valence electrons. The molecule has 0 amide bonds. The molecule has 34 heavy (non-hydrogen) atoms. The average molecular weight is 560 g/mol. The van der Waals surface area contributed by atoms with Crippen LogP contribution in [-0.2, 0) is 18.1 Å². The predicted molar refractivity (Wildman–Crippen MR) is 119 cm³/mol. The van der Waals surface area contributed by atoms with Gasteiger partial charge in [0.05, 0.1) is 28.8 Å². The van der Waals surface area contributed by atoms with E-state index >= 15 is 0 Å². The molecule has 0 unspecified atom stereocenters. The van der Waals surface area contributed by atoms with Gasteiger partial charge in [0.25, 0.3) is 0 Å². The molecule has 4 rings (SSSR count). The van der Waals surface area contributed by atoms with Gasteiger partial charge in [0.2, 0.25) is 0 Å². The Morgan fingerprint density at radius 2 is 1.91 bits per heavy atom. The fraction of sp³-hybridized carbons (Fsp3) is 0.190. The van der Waals surface area contributed by atoms with Crippen molar-refractivity contribution in [3.63, 3.8) is 0 Å². The van der Waals surface area contributed by atoms with Gasteiger partial charge < -0.3 is 9.47 Å². The number of aromatic nitrogens is 3. The Hall–Kier alpha value is -3.19. The number of nitrogens with zero attached hydrogens (tertiary/aromatic N) is 2. The standard InChI is InChI=1S/C21H14BrF4N3O4S/c1-31-15-7-16(13(23)6-12(15)18-28-20(30)33-29-18)32-9-17-14(8-22)27-19(34-17)10-2-4-11(5-3-10)21(24,25)26/h2-7H,8-9H2,1H3,(H,28,29,30). The molecule has 0 spiro atoms. The Balaban J connectivity index is 1.57. The molecular weight excluding hydrogens is 546 g/mol. The van der Waals surface area contributed by atoms with Crippen molar-refractivity contribution in [1.29, 1.82) is 0 Å². The molecule has 4 aromatic rings. The average Bonchev–Trinajstić information content (AvgIpc) is 3.43. The summed E-state index contributed by atoms with van der Waals surface area (Å²) in [6, 6.07) is 7.08. The van der Waals surface area contributed by atoms with Crippen molar-refractivity contribution in [2.24, 2.45) is 0 Å². The van der Waals surface area contributed by atoms with E-state index in [1.165, 1.54) is 36.6 Å². The van der Waals surface area contributed by atoms with Gasteiger partial charge in [-0.05, 0) is 18.2 Å². The number of hydrogen-bond acceptors (Lipinski definition) is 7.